The standard InChI is InChI=1S/C9H8Br2Cl2/c1-5(10)9(11)7-3-2-6(12)4-8(7)13/h2-5,9H,1H3. The molecule has 0 radical (unpaired) electrons. The average molecular weight is 347 g/mol. The molecular formula is C9H8Br2Cl2. The van der Waals surface area contributed by atoms with Crippen LogP contribution in [0, 0.1) is 0 Å². The topological polar surface area (TPSA) is 0 Å². The fourth-order valence-electron chi connectivity index (χ4n) is 0.973. The molecule has 72 valence electrons. The third-order valence-electron chi connectivity index (χ3n) is 1.66. The average Bonchev–Trinajstić information content (AvgIpc) is 2.03. The van der Waals surface area contributed by atoms with Crippen molar-refractivity contribution in [2.75, 3.05) is 0 Å². The van der Waals surface area contributed by atoms with Gasteiger partial charge in [0.25, 0.3) is 0 Å². The zero-order chi connectivity index (χ0) is 10.0. The first-order valence-corrected chi connectivity index (χ1v) is 6.34. The predicted molar refractivity (Wildman–Crippen MR) is 66.5 cm³/mol. The fraction of sp³-hybridized carbons (Fsp3) is 0.333. The second-order valence-electron chi connectivity index (χ2n) is 2.75. The fourth-order valence-corrected chi connectivity index (χ4v) is 2.31. The molecule has 4 heteroatoms. The molecule has 0 fully saturated rings. The summed E-state index contributed by atoms with van der Waals surface area (Å²) in [4.78, 5) is 0.531. The first-order chi connectivity index (χ1) is 6.02. The summed E-state index contributed by atoms with van der Waals surface area (Å²) in [5.74, 6) is 0. The van der Waals surface area contributed by atoms with E-state index in [1.807, 2.05) is 12.1 Å². The Balaban J connectivity index is 3.01. The van der Waals surface area contributed by atoms with Gasteiger partial charge in [0.1, 0.15) is 0 Å². The lowest BCUT2D eigenvalue weighted by Crippen LogP contribution is -2.01. The highest BCUT2D eigenvalue weighted by Gasteiger charge is 2.16. The highest BCUT2D eigenvalue weighted by molar-refractivity contribution is 9.12. The molecule has 0 spiro atoms. The van der Waals surface area contributed by atoms with Gasteiger partial charge < -0.3 is 0 Å². The molecule has 0 aliphatic carbocycles. The Kier molecular flexibility index (Phi) is 4.56. The summed E-state index contributed by atoms with van der Waals surface area (Å²) in [5.41, 5.74) is 1.05. The van der Waals surface area contributed by atoms with Crippen molar-refractivity contribution in [2.45, 2.75) is 16.6 Å². The Hall–Kier alpha value is 0.760. The maximum Gasteiger partial charge on any atom is 0.0532 e. The van der Waals surface area contributed by atoms with E-state index in [4.69, 9.17) is 23.2 Å². The summed E-state index contributed by atoms with van der Waals surface area (Å²) in [6.07, 6.45) is 0. The molecule has 0 aliphatic heterocycles. The Labute approximate surface area is 105 Å². The van der Waals surface area contributed by atoms with Gasteiger partial charge in [0.2, 0.25) is 0 Å². The van der Waals surface area contributed by atoms with E-state index < -0.39 is 0 Å². The van der Waals surface area contributed by atoms with Crippen LogP contribution in [0.4, 0.5) is 0 Å². The lowest BCUT2D eigenvalue weighted by Gasteiger charge is -2.14. The molecule has 0 heterocycles. The van der Waals surface area contributed by atoms with Crippen molar-refractivity contribution in [3.8, 4) is 0 Å². The summed E-state index contributed by atoms with van der Waals surface area (Å²) < 4.78 is 0. The molecule has 0 aliphatic rings. The Morgan fingerprint density at radius 2 is 1.85 bits per heavy atom. The van der Waals surface area contributed by atoms with E-state index in [1.54, 1.807) is 6.07 Å². The minimum Gasteiger partial charge on any atom is -0.0878 e. The van der Waals surface area contributed by atoms with Gasteiger partial charge in [0, 0.05) is 14.9 Å². The van der Waals surface area contributed by atoms with Crippen LogP contribution in [-0.2, 0) is 0 Å². The third-order valence-corrected chi connectivity index (χ3v) is 4.75. The third kappa shape index (κ3) is 3.12. The second-order valence-corrected chi connectivity index (χ2v) is 6.02. The summed E-state index contributed by atoms with van der Waals surface area (Å²) in [5, 5.41) is 1.36. The summed E-state index contributed by atoms with van der Waals surface area (Å²) in [6.45, 7) is 2.06. The Morgan fingerprint density at radius 3 is 2.31 bits per heavy atom. The number of halogens is 4. The maximum absolute atomic E-state index is 6.03. The van der Waals surface area contributed by atoms with Crippen molar-refractivity contribution < 1.29 is 0 Å². The molecular weight excluding hydrogens is 339 g/mol. The van der Waals surface area contributed by atoms with Gasteiger partial charge in [-0.05, 0) is 17.7 Å². The van der Waals surface area contributed by atoms with Gasteiger partial charge in [-0.15, -0.1) is 0 Å². The van der Waals surface area contributed by atoms with Crippen molar-refractivity contribution in [3.63, 3.8) is 0 Å². The highest BCUT2D eigenvalue weighted by Crippen LogP contribution is 2.36. The normalized spacial score (nSPS) is 15.5. The molecule has 0 aromatic heterocycles. The predicted octanol–water partition coefficient (Wildman–Crippen LogP) is 5.21. The van der Waals surface area contributed by atoms with E-state index >= 15 is 0 Å². The van der Waals surface area contributed by atoms with Gasteiger partial charge in [-0.3, -0.25) is 0 Å². The van der Waals surface area contributed by atoms with Crippen LogP contribution in [0.5, 0.6) is 0 Å². The Bertz CT molecular complexity index is 300. The van der Waals surface area contributed by atoms with Crippen LogP contribution in [0.2, 0.25) is 10.0 Å². The summed E-state index contributed by atoms with van der Waals surface area (Å²) in [6, 6.07) is 5.52. The van der Waals surface area contributed by atoms with E-state index in [0.717, 1.165) is 5.56 Å². The van der Waals surface area contributed by atoms with Crippen LogP contribution in [0.3, 0.4) is 0 Å². The maximum atomic E-state index is 6.03. The first-order valence-electron chi connectivity index (χ1n) is 3.75. The molecule has 1 aromatic rings. The van der Waals surface area contributed by atoms with Crippen molar-refractivity contribution in [3.05, 3.63) is 33.8 Å². The number of hydrogen-bond acceptors (Lipinski definition) is 0. The number of benzene rings is 1. The van der Waals surface area contributed by atoms with E-state index in [2.05, 4.69) is 38.8 Å². The molecule has 0 bridgehead atoms. The van der Waals surface area contributed by atoms with Crippen LogP contribution < -0.4 is 0 Å². The molecule has 2 atom stereocenters. The number of hydrogen-bond donors (Lipinski definition) is 0. The van der Waals surface area contributed by atoms with Gasteiger partial charge in [-0.2, -0.15) is 0 Å². The summed E-state index contributed by atoms with van der Waals surface area (Å²) >= 11 is 18.9. The minimum absolute atomic E-state index is 0.206. The molecule has 0 N–H and O–H groups in total. The highest BCUT2D eigenvalue weighted by atomic mass is 79.9. The summed E-state index contributed by atoms with van der Waals surface area (Å²) in [7, 11) is 0. The molecule has 1 aromatic carbocycles. The SMILES string of the molecule is CC(Br)C(Br)c1ccc(Cl)cc1Cl. The van der Waals surface area contributed by atoms with E-state index in [0.29, 0.717) is 14.9 Å². The Morgan fingerprint density at radius 1 is 1.23 bits per heavy atom. The second kappa shape index (κ2) is 5.01. The molecule has 0 amide bonds. The van der Waals surface area contributed by atoms with Crippen LogP contribution in [0.1, 0.15) is 17.3 Å². The van der Waals surface area contributed by atoms with Crippen molar-refractivity contribution in [2.24, 2.45) is 0 Å². The van der Waals surface area contributed by atoms with Crippen molar-refractivity contribution in [1.82, 2.24) is 0 Å². The number of alkyl halides is 2. The van der Waals surface area contributed by atoms with Crippen LogP contribution >= 0.6 is 55.1 Å². The zero-order valence-corrected chi connectivity index (χ0v) is 11.6. The van der Waals surface area contributed by atoms with Crippen LogP contribution in [0.25, 0.3) is 0 Å². The molecule has 0 saturated heterocycles. The van der Waals surface area contributed by atoms with Gasteiger partial charge in [-0.25, -0.2) is 0 Å². The quantitative estimate of drug-likeness (QED) is 0.644. The molecule has 13 heavy (non-hydrogen) atoms. The van der Waals surface area contributed by atoms with Gasteiger partial charge in [-0.1, -0.05) is 68.1 Å². The van der Waals surface area contributed by atoms with Gasteiger partial charge in [0.05, 0.1) is 4.83 Å². The zero-order valence-electron chi connectivity index (χ0n) is 6.90. The lowest BCUT2D eigenvalue weighted by molar-refractivity contribution is 0.949. The largest absolute Gasteiger partial charge is 0.0878 e. The monoisotopic (exact) mass is 344 g/mol. The van der Waals surface area contributed by atoms with Crippen molar-refractivity contribution in [1.29, 1.82) is 0 Å². The smallest absolute Gasteiger partial charge is 0.0532 e. The van der Waals surface area contributed by atoms with E-state index in [-0.39, 0.29) is 4.83 Å². The van der Waals surface area contributed by atoms with E-state index in [9.17, 15) is 0 Å². The van der Waals surface area contributed by atoms with Crippen LogP contribution in [-0.4, -0.2) is 4.83 Å². The number of rotatable bonds is 2. The van der Waals surface area contributed by atoms with E-state index in [1.165, 1.54) is 0 Å². The lowest BCUT2D eigenvalue weighted by atomic mass is 10.1. The first kappa shape index (κ1) is 11.8. The van der Waals surface area contributed by atoms with Crippen LogP contribution in [0.15, 0.2) is 18.2 Å². The van der Waals surface area contributed by atoms with Gasteiger partial charge >= 0.3 is 0 Å². The molecule has 2 unspecified atom stereocenters. The minimum atomic E-state index is 0.206. The molecule has 1 rings (SSSR count). The molecule has 0 nitrogen and oxygen atoms in total. The van der Waals surface area contributed by atoms with Crippen molar-refractivity contribution >= 4 is 55.1 Å². The van der Waals surface area contributed by atoms with Gasteiger partial charge in [0.15, 0.2) is 0 Å². The molecule has 0 saturated carbocycles.